The molecule has 3 rings (SSSR count). The molecule has 2 aromatic rings. The van der Waals surface area contributed by atoms with E-state index in [0.717, 1.165) is 18.5 Å². The Balaban J connectivity index is 1.89. The zero-order valence-corrected chi connectivity index (χ0v) is 16.0. The summed E-state index contributed by atoms with van der Waals surface area (Å²) in [6.07, 6.45) is 4.47. The zero-order chi connectivity index (χ0) is 17.0. The van der Waals surface area contributed by atoms with Crippen molar-refractivity contribution in [1.29, 1.82) is 0 Å². The molecular formula is C19H25FN2S2. The lowest BCUT2D eigenvalue weighted by Gasteiger charge is -2.38. The van der Waals surface area contributed by atoms with Gasteiger partial charge in [-0.25, -0.2) is 4.39 Å². The van der Waals surface area contributed by atoms with Gasteiger partial charge in [0.1, 0.15) is 9.90 Å². The number of nitrogens with zero attached hydrogens (tertiary/aromatic N) is 2. The molecule has 0 aliphatic carbocycles. The first-order chi connectivity index (χ1) is 11.6. The van der Waals surface area contributed by atoms with E-state index in [-0.39, 0.29) is 9.90 Å². The highest BCUT2D eigenvalue weighted by atomic mass is 32.2. The number of aromatic nitrogens is 1. The van der Waals surface area contributed by atoms with Crippen molar-refractivity contribution < 1.29 is 4.39 Å². The summed E-state index contributed by atoms with van der Waals surface area (Å²) < 4.78 is 16.4. The molecule has 0 N–H and O–H groups in total. The average molecular weight is 365 g/mol. The summed E-state index contributed by atoms with van der Waals surface area (Å²) in [5.41, 5.74) is 2.07. The van der Waals surface area contributed by atoms with E-state index in [1.807, 2.05) is 12.1 Å². The minimum Gasteiger partial charge on any atom is -0.345 e. The largest absolute Gasteiger partial charge is 0.345 e. The Morgan fingerprint density at radius 2 is 1.88 bits per heavy atom. The Kier molecular flexibility index (Phi) is 5.95. The number of hydrogen-bond acceptors (Lipinski definition) is 3. The summed E-state index contributed by atoms with van der Waals surface area (Å²) in [4.78, 5) is 2.25. The van der Waals surface area contributed by atoms with Crippen molar-refractivity contribution in [2.75, 3.05) is 32.1 Å². The molecule has 0 bridgehead atoms. The van der Waals surface area contributed by atoms with Gasteiger partial charge in [0.15, 0.2) is 0 Å². The Morgan fingerprint density at radius 3 is 2.58 bits per heavy atom. The summed E-state index contributed by atoms with van der Waals surface area (Å²) in [5, 5.41) is 0. The Hall–Kier alpha value is -0.910. The van der Waals surface area contributed by atoms with Crippen LogP contribution in [0.2, 0.25) is 0 Å². The minimum absolute atomic E-state index is 0.0806. The standard InChI is InChI=1S/C19H25FN2S2/c1-21(2)12-10-19(23-13-6-14-24-19)18-9-5-11-22(18)15-16-7-3-4-8-17(16)20/h3-5,7-9,11H,6,10,12-15H2,1-2H3. The number of halogens is 1. The SMILES string of the molecule is CN(C)CCC1(c2cccn2Cc2ccccc2F)SCCCS1. The van der Waals surface area contributed by atoms with E-state index < -0.39 is 0 Å². The normalized spacial score (nSPS) is 17.3. The van der Waals surface area contributed by atoms with Gasteiger partial charge in [-0.05, 0) is 56.6 Å². The molecule has 1 aliphatic rings. The van der Waals surface area contributed by atoms with Gasteiger partial charge >= 0.3 is 0 Å². The topological polar surface area (TPSA) is 8.17 Å². The maximum atomic E-state index is 14.1. The third kappa shape index (κ3) is 4.01. The molecular weight excluding hydrogens is 339 g/mol. The molecule has 24 heavy (non-hydrogen) atoms. The van der Waals surface area contributed by atoms with E-state index in [0.29, 0.717) is 6.54 Å². The lowest BCUT2D eigenvalue weighted by atomic mass is 10.2. The second-order valence-electron chi connectivity index (χ2n) is 6.47. The predicted octanol–water partition coefficient (Wildman–Crippen LogP) is 4.65. The lowest BCUT2D eigenvalue weighted by molar-refractivity contribution is 0.390. The zero-order valence-electron chi connectivity index (χ0n) is 14.4. The molecule has 1 aromatic heterocycles. The Bertz CT molecular complexity index is 663. The maximum Gasteiger partial charge on any atom is 0.128 e. The van der Waals surface area contributed by atoms with E-state index in [1.165, 1.54) is 23.6 Å². The van der Waals surface area contributed by atoms with Crippen molar-refractivity contribution >= 4 is 23.5 Å². The van der Waals surface area contributed by atoms with Crippen LogP contribution in [0.1, 0.15) is 24.1 Å². The molecule has 1 aliphatic heterocycles. The second-order valence-corrected chi connectivity index (χ2v) is 9.52. The van der Waals surface area contributed by atoms with Gasteiger partial charge in [-0.3, -0.25) is 0 Å². The molecule has 0 atom stereocenters. The molecule has 0 radical (unpaired) electrons. The number of hydrogen-bond donors (Lipinski definition) is 0. The van der Waals surface area contributed by atoms with Crippen LogP contribution in [0.25, 0.3) is 0 Å². The van der Waals surface area contributed by atoms with Crippen LogP contribution in [0.15, 0.2) is 42.6 Å². The predicted molar refractivity (Wildman–Crippen MR) is 104 cm³/mol. The van der Waals surface area contributed by atoms with Crippen LogP contribution in [0.3, 0.4) is 0 Å². The molecule has 1 fully saturated rings. The molecule has 1 saturated heterocycles. The molecule has 0 amide bonds. The van der Waals surface area contributed by atoms with Crippen LogP contribution in [-0.4, -0.2) is 41.6 Å². The van der Waals surface area contributed by atoms with Crippen LogP contribution in [0, 0.1) is 5.82 Å². The molecule has 2 nitrogen and oxygen atoms in total. The molecule has 0 saturated carbocycles. The fourth-order valence-electron chi connectivity index (χ4n) is 3.07. The van der Waals surface area contributed by atoms with Gasteiger partial charge in [-0.15, -0.1) is 23.5 Å². The average Bonchev–Trinajstić information content (AvgIpc) is 3.05. The van der Waals surface area contributed by atoms with E-state index in [1.54, 1.807) is 12.1 Å². The third-order valence-electron chi connectivity index (χ3n) is 4.37. The van der Waals surface area contributed by atoms with E-state index >= 15 is 0 Å². The maximum absolute atomic E-state index is 14.1. The minimum atomic E-state index is -0.122. The highest BCUT2D eigenvalue weighted by Gasteiger charge is 2.37. The Labute approximate surface area is 152 Å². The smallest absolute Gasteiger partial charge is 0.128 e. The quantitative estimate of drug-likeness (QED) is 0.738. The van der Waals surface area contributed by atoms with Gasteiger partial charge in [0.2, 0.25) is 0 Å². The van der Waals surface area contributed by atoms with Crippen molar-refractivity contribution in [2.45, 2.75) is 23.5 Å². The first-order valence-electron chi connectivity index (χ1n) is 8.42. The fraction of sp³-hybridized carbons (Fsp3) is 0.474. The number of rotatable bonds is 6. The van der Waals surface area contributed by atoms with Crippen LogP contribution in [0.4, 0.5) is 4.39 Å². The van der Waals surface area contributed by atoms with Crippen molar-refractivity contribution in [3.8, 4) is 0 Å². The van der Waals surface area contributed by atoms with E-state index in [4.69, 9.17) is 0 Å². The van der Waals surface area contributed by atoms with Gasteiger partial charge in [0.25, 0.3) is 0 Å². The monoisotopic (exact) mass is 364 g/mol. The van der Waals surface area contributed by atoms with E-state index in [2.05, 4.69) is 65.4 Å². The highest BCUT2D eigenvalue weighted by Crippen LogP contribution is 2.52. The molecule has 5 heteroatoms. The lowest BCUT2D eigenvalue weighted by Crippen LogP contribution is -2.30. The van der Waals surface area contributed by atoms with Crippen molar-refractivity contribution in [3.05, 3.63) is 59.7 Å². The first kappa shape index (κ1) is 17.9. The van der Waals surface area contributed by atoms with Crippen molar-refractivity contribution in [1.82, 2.24) is 9.47 Å². The van der Waals surface area contributed by atoms with Gasteiger partial charge in [0.05, 0.1) is 6.54 Å². The van der Waals surface area contributed by atoms with Crippen LogP contribution >= 0.6 is 23.5 Å². The summed E-state index contributed by atoms with van der Waals surface area (Å²) >= 11 is 4.12. The molecule has 1 aromatic carbocycles. The summed E-state index contributed by atoms with van der Waals surface area (Å²) in [7, 11) is 4.26. The van der Waals surface area contributed by atoms with Crippen molar-refractivity contribution in [2.24, 2.45) is 0 Å². The van der Waals surface area contributed by atoms with Crippen LogP contribution in [0.5, 0.6) is 0 Å². The van der Waals surface area contributed by atoms with Crippen molar-refractivity contribution in [3.63, 3.8) is 0 Å². The number of benzene rings is 1. The molecule has 0 spiro atoms. The van der Waals surface area contributed by atoms with E-state index in [9.17, 15) is 4.39 Å². The summed E-state index contributed by atoms with van der Waals surface area (Å²) in [6.45, 7) is 1.66. The third-order valence-corrected chi connectivity index (χ3v) is 7.82. The number of thioether (sulfide) groups is 2. The van der Waals surface area contributed by atoms with Crippen LogP contribution < -0.4 is 0 Å². The van der Waals surface area contributed by atoms with Gasteiger partial charge in [-0.1, -0.05) is 18.2 Å². The summed E-state index contributed by atoms with van der Waals surface area (Å²) in [5.74, 6) is 2.28. The van der Waals surface area contributed by atoms with Gasteiger partial charge < -0.3 is 9.47 Å². The fourth-order valence-corrected chi connectivity index (χ4v) is 6.46. The molecule has 0 unspecified atom stereocenters. The second kappa shape index (κ2) is 7.98. The Morgan fingerprint density at radius 1 is 1.12 bits per heavy atom. The first-order valence-corrected chi connectivity index (χ1v) is 10.4. The van der Waals surface area contributed by atoms with Crippen LogP contribution in [-0.2, 0) is 10.6 Å². The highest BCUT2D eigenvalue weighted by molar-refractivity contribution is 8.18. The molecule has 2 heterocycles. The summed E-state index contributed by atoms with van der Waals surface area (Å²) in [6, 6.07) is 11.4. The van der Waals surface area contributed by atoms with Gasteiger partial charge in [0, 0.05) is 24.0 Å². The molecule has 130 valence electrons. The van der Waals surface area contributed by atoms with Gasteiger partial charge in [-0.2, -0.15) is 0 Å².